The zero-order chi connectivity index (χ0) is 22.3. The van der Waals surface area contributed by atoms with Gasteiger partial charge in [-0.05, 0) is 25.2 Å². The number of carbonyl (C=O) groups excluding carboxylic acids is 2. The number of nitrogen functional groups attached to an aromatic ring is 1. The Morgan fingerprint density at radius 2 is 2.06 bits per heavy atom. The summed E-state index contributed by atoms with van der Waals surface area (Å²) in [6.45, 7) is 5.04. The highest BCUT2D eigenvalue weighted by Crippen LogP contribution is 2.36. The molecule has 31 heavy (non-hydrogen) atoms. The Balaban J connectivity index is 1.77. The molecule has 1 unspecified atom stereocenters. The van der Waals surface area contributed by atoms with Crippen molar-refractivity contribution in [3.8, 4) is 0 Å². The van der Waals surface area contributed by atoms with Crippen LogP contribution >= 0.6 is 0 Å². The maximum absolute atomic E-state index is 13.4. The van der Waals surface area contributed by atoms with E-state index in [0.29, 0.717) is 30.0 Å². The minimum Gasteiger partial charge on any atom is -0.460 e. The number of esters is 2. The highest BCUT2D eigenvalue weighted by atomic mass is 16.6. The SMILES string of the molecule is CCC(OC(C)=O)[C@@H]1C[C@@H](OC(C)=O)[C@H](n2c(=O)n(CC3CC3)c3cnc(N)nc32)O1. The number of hydrogen-bond acceptors (Lipinski definition) is 9. The van der Waals surface area contributed by atoms with Crippen LogP contribution in [0.2, 0.25) is 0 Å². The van der Waals surface area contributed by atoms with Gasteiger partial charge in [0.1, 0.15) is 23.8 Å². The van der Waals surface area contributed by atoms with Gasteiger partial charge in [0.05, 0.1) is 6.20 Å². The molecule has 11 nitrogen and oxygen atoms in total. The van der Waals surface area contributed by atoms with Crippen LogP contribution in [0.15, 0.2) is 11.0 Å². The second-order valence-corrected chi connectivity index (χ2v) is 8.15. The van der Waals surface area contributed by atoms with Gasteiger partial charge in [0, 0.05) is 26.8 Å². The normalized spacial score (nSPS) is 24.3. The first-order chi connectivity index (χ1) is 14.8. The molecular weight excluding hydrogens is 406 g/mol. The number of carbonyl (C=O) groups is 2. The number of nitrogens with zero attached hydrogens (tertiary/aromatic N) is 4. The number of imidazole rings is 1. The van der Waals surface area contributed by atoms with E-state index in [1.54, 1.807) is 4.57 Å². The van der Waals surface area contributed by atoms with E-state index in [1.807, 2.05) is 6.92 Å². The number of ether oxygens (including phenoxy) is 3. The molecule has 2 aromatic heterocycles. The predicted octanol–water partition coefficient (Wildman–Crippen LogP) is 1.15. The molecule has 0 radical (unpaired) electrons. The molecule has 2 aromatic rings. The van der Waals surface area contributed by atoms with Gasteiger partial charge in [0.2, 0.25) is 5.95 Å². The van der Waals surface area contributed by atoms with Gasteiger partial charge in [-0.25, -0.2) is 14.3 Å². The number of fused-ring (bicyclic) bond motifs is 1. The van der Waals surface area contributed by atoms with E-state index < -0.39 is 36.5 Å². The molecule has 2 fully saturated rings. The lowest BCUT2D eigenvalue weighted by Gasteiger charge is -2.22. The Bertz CT molecular complexity index is 1060. The third-order valence-electron chi connectivity index (χ3n) is 5.67. The average molecular weight is 433 g/mol. The van der Waals surface area contributed by atoms with Gasteiger partial charge in [0.25, 0.3) is 0 Å². The molecule has 168 valence electrons. The van der Waals surface area contributed by atoms with Gasteiger partial charge in [0.15, 0.2) is 11.9 Å². The van der Waals surface area contributed by atoms with E-state index in [2.05, 4.69) is 9.97 Å². The smallest absolute Gasteiger partial charge is 0.332 e. The lowest BCUT2D eigenvalue weighted by Crippen LogP contribution is -2.34. The van der Waals surface area contributed by atoms with Gasteiger partial charge in [-0.2, -0.15) is 4.98 Å². The molecule has 1 aliphatic carbocycles. The summed E-state index contributed by atoms with van der Waals surface area (Å²) in [5.41, 5.74) is 6.34. The lowest BCUT2D eigenvalue weighted by atomic mass is 10.1. The Morgan fingerprint density at radius 1 is 1.32 bits per heavy atom. The summed E-state index contributed by atoms with van der Waals surface area (Å²) in [4.78, 5) is 45.0. The summed E-state index contributed by atoms with van der Waals surface area (Å²) in [7, 11) is 0. The third kappa shape index (κ3) is 4.27. The zero-order valence-electron chi connectivity index (χ0n) is 17.8. The van der Waals surface area contributed by atoms with Gasteiger partial charge < -0.3 is 19.9 Å². The molecule has 1 aliphatic heterocycles. The van der Waals surface area contributed by atoms with Crippen LogP contribution in [0.25, 0.3) is 11.2 Å². The Morgan fingerprint density at radius 3 is 2.68 bits per heavy atom. The Labute approximate surface area is 178 Å². The van der Waals surface area contributed by atoms with Gasteiger partial charge in [-0.1, -0.05) is 6.92 Å². The van der Waals surface area contributed by atoms with E-state index in [1.165, 1.54) is 24.6 Å². The molecule has 1 saturated heterocycles. The standard InChI is InChI=1S/C20H27N5O6/c1-4-14(29-10(2)26)15-7-16(30-11(3)27)18(31-15)25-17-13(8-22-19(21)23-17)24(20(25)28)9-12-5-6-12/h8,12,14-16,18H,4-7,9H2,1-3H3,(H2,21,22,23)/t14?,15-,16+,18+/m0/s1. The van der Waals surface area contributed by atoms with E-state index in [0.717, 1.165) is 12.8 Å². The first-order valence-corrected chi connectivity index (χ1v) is 10.5. The second kappa shape index (κ2) is 8.29. The molecule has 2 aliphatic rings. The number of rotatable bonds is 7. The van der Waals surface area contributed by atoms with Crippen molar-refractivity contribution in [2.45, 2.75) is 77.5 Å². The van der Waals surface area contributed by atoms with Crippen molar-refractivity contribution < 1.29 is 23.8 Å². The van der Waals surface area contributed by atoms with Crippen molar-refractivity contribution in [2.75, 3.05) is 5.73 Å². The zero-order valence-corrected chi connectivity index (χ0v) is 17.8. The monoisotopic (exact) mass is 433 g/mol. The molecule has 0 bridgehead atoms. The Kier molecular flexibility index (Phi) is 5.69. The number of nitrogens with two attached hydrogens (primary N) is 1. The topological polar surface area (TPSA) is 141 Å². The summed E-state index contributed by atoms with van der Waals surface area (Å²) < 4.78 is 20.1. The molecule has 0 aromatic carbocycles. The van der Waals surface area contributed by atoms with Crippen molar-refractivity contribution >= 4 is 29.1 Å². The third-order valence-corrected chi connectivity index (χ3v) is 5.67. The maximum Gasteiger partial charge on any atom is 0.332 e. The van der Waals surface area contributed by atoms with E-state index >= 15 is 0 Å². The largest absolute Gasteiger partial charge is 0.460 e. The van der Waals surface area contributed by atoms with E-state index in [-0.39, 0.29) is 18.1 Å². The van der Waals surface area contributed by atoms with Crippen LogP contribution in [-0.4, -0.2) is 49.4 Å². The Hall–Kier alpha value is -2.95. The molecule has 3 heterocycles. The van der Waals surface area contributed by atoms with Gasteiger partial charge in [-0.3, -0.25) is 14.2 Å². The van der Waals surface area contributed by atoms with Crippen molar-refractivity contribution in [1.29, 1.82) is 0 Å². The van der Waals surface area contributed by atoms with Crippen LogP contribution in [0.1, 0.15) is 52.7 Å². The number of anilines is 1. The van der Waals surface area contributed by atoms with Crippen LogP contribution in [0.3, 0.4) is 0 Å². The lowest BCUT2D eigenvalue weighted by molar-refractivity contribution is -0.158. The maximum atomic E-state index is 13.4. The van der Waals surface area contributed by atoms with Crippen molar-refractivity contribution in [1.82, 2.24) is 19.1 Å². The molecule has 4 atom stereocenters. The fourth-order valence-corrected chi connectivity index (χ4v) is 4.12. The summed E-state index contributed by atoms with van der Waals surface area (Å²) in [5, 5.41) is 0. The molecule has 11 heteroatoms. The van der Waals surface area contributed by atoms with E-state index in [4.69, 9.17) is 19.9 Å². The fourth-order valence-electron chi connectivity index (χ4n) is 4.12. The van der Waals surface area contributed by atoms with Crippen LogP contribution in [0.5, 0.6) is 0 Å². The summed E-state index contributed by atoms with van der Waals surface area (Å²) in [5.74, 6) is -0.468. The van der Waals surface area contributed by atoms with Crippen molar-refractivity contribution in [3.63, 3.8) is 0 Å². The second-order valence-electron chi connectivity index (χ2n) is 8.15. The van der Waals surface area contributed by atoms with Gasteiger partial charge in [-0.15, -0.1) is 0 Å². The summed E-state index contributed by atoms with van der Waals surface area (Å²) in [6.07, 6.45) is 1.69. The van der Waals surface area contributed by atoms with Crippen LogP contribution in [0.4, 0.5) is 5.95 Å². The van der Waals surface area contributed by atoms with Gasteiger partial charge >= 0.3 is 17.6 Å². The molecule has 0 amide bonds. The average Bonchev–Trinajstić information content (AvgIpc) is 3.38. The van der Waals surface area contributed by atoms with Crippen LogP contribution in [0, 0.1) is 5.92 Å². The molecular formula is C20H27N5O6. The summed E-state index contributed by atoms with van der Waals surface area (Å²) in [6, 6.07) is 0. The molecule has 0 spiro atoms. The number of hydrogen-bond donors (Lipinski definition) is 1. The minimum atomic E-state index is -0.928. The van der Waals surface area contributed by atoms with Crippen molar-refractivity contribution in [2.24, 2.45) is 5.92 Å². The quantitative estimate of drug-likeness (QED) is 0.636. The first-order valence-electron chi connectivity index (χ1n) is 10.5. The highest BCUT2D eigenvalue weighted by molar-refractivity contribution is 5.72. The fraction of sp³-hybridized carbons (Fsp3) is 0.650. The molecule has 1 saturated carbocycles. The van der Waals surface area contributed by atoms with E-state index in [9.17, 15) is 14.4 Å². The number of aromatic nitrogens is 4. The van der Waals surface area contributed by atoms with Crippen molar-refractivity contribution in [3.05, 3.63) is 16.7 Å². The first kappa shape index (κ1) is 21.3. The minimum absolute atomic E-state index is 0.0229. The van der Waals surface area contributed by atoms with Crippen LogP contribution in [-0.2, 0) is 30.3 Å². The van der Waals surface area contributed by atoms with Crippen LogP contribution < -0.4 is 11.4 Å². The molecule has 2 N–H and O–H groups in total. The summed E-state index contributed by atoms with van der Waals surface area (Å²) >= 11 is 0. The molecule has 4 rings (SSSR count). The highest BCUT2D eigenvalue weighted by Gasteiger charge is 2.45. The predicted molar refractivity (Wildman–Crippen MR) is 109 cm³/mol.